The quantitative estimate of drug-likeness (QED) is 0.895. The SMILES string of the molecule is Cc1ccc(NCC(=O)NC2(C#N)CCCCC2)c(F)c1. The Morgan fingerprint density at radius 3 is 2.71 bits per heavy atom. The van der Waals surface area contributed by atoms with Crippen molar-refractivity contribution in [2.24, 2.45) is 0 Å². The molecular weight excluding hydrogens is 269 g/mol. The molecule has 0 radical (unpaired) electrons. The third-order valence-corrected chi connectivity index (χ3v) is 3.86. The van der Waals surface area contributed by atoms with E-state index in [9.17, 15) is 14.4 Å². The number of carbonyl (C=O) groups excluding carboxylic acids is 1. The van der Waals surface area contributed by atoms with Gasteiger partial charge in [-0.2, -0.15) is 5.26 Å². The number of hydrogen-bond acceptors (Lipinski definition) is 3. The Balaban J connectivity index is 1.91. The second kappa shape index (κ2) is 6.57. The van der Waals surface area contributed by atoms with E-state index in [0.29, 0.717) is 18.5 Å². The Labute approximate surface area is 124 Å². The van der Waals surface area contributed by atoms with E-state index >= 15 is 0 Å². The van der Waals surface area contributed by atoms with E-state index in [1.165, 1.54) is 6.07 Å². The van der Waals surface area contributed by atoms with Crippen LogP contribution in [0.3, 0.4) is 0 Å². The highest BCUT2D eigenvalue weighted by Gasteiger charge is 2.33. The summed E-state index contributed by atoms with van der Waals surface area (Å²) in [5.74, 6) is -0.658. The fraction of sp³-hybridized carbons (Fsp3) is 0.500. The molecule has 112 valence electrons. The molecule has 21 heavy (non-hydrogen) atoms. The van der Waals surface area contributed by atoms with Gasteiger partial charge in [-0.15, -0.1) is 0 Å². The zero-order valence-electron chi connectivity index (χ0n) is 12.2. The number of aryl methyl sites for hydroxylation is 1. The maximum atomic E-state index is 13.7. The van der Waals surface area contributed by atoms with Crippen molar-refractivity contribution in [3.63, 3.8) is 0 Å². The molecule has 2 rings (SSSR count). The summed E-state index contributed by atoms with van der Waals surface area (Å²) in [6.45, 7) is 1.77. The first kappa shape index (κ1) is 15.3. The topological polar surface area (TPSA) is 64.9 Å². The van der Waals surface area contributed by atoms with Crippen LogP contribution in [0, 0.1) is 24.1 Å². The van der Waals surface area contributed by atoms with Crippen molar-refractivity contribution >= 4 is 11.6 Å². The molecule has 4 nitrogen and oxygen atoms in total. The number of hydrogen-bond donors (Lipinski definition) is 2. The van der Waals surface area contributed by atoms with Crippen molar-refractivity contribution in [1.82, 2.24) is 5.32 Å². The lowest BCUT2D eigenvalue weighted by Crippen LogP contribution is -2.50. The largest absolute Gasteiger partial charge is 0.374 e. The minimum Gasteiger partial charge on any atom is -0.374 e. The van der Waals surface area contributed by atoms with Gasteiger partial charge in [-0.25, -0.2) is 4.39 Å². The third kappa shape index (κ3) is 3.94. The monoisotopic (exact) mass is 289 g/mol. The zero-order valence-corrected chi connectivity index (χ0v) is 12.2. The van der Waals surface area contributed by atoms with Crippen molar-refractivity contribution in [2.75, 3.05) is 11.9 Å². The van der Waals surface area contributed by atoms with E-state index in [1.54, 1.807) is 19.1 Å². The Morgan fingerprint density at radius 1 is 1.38 bits per heavy atom. The maximum Gasteiger partial charge on any atom is 0.240 e. The van der Waals surface area contributed by atoms with Crippen LogP contribution in [0.1, 0.15) is 37.7 Å². The molecule has 5 heteroatoms. The van der Waals surface area contributed by atoms with Gasteiger partial charge in [0.15, 0.2) is 0 Å². The van der Waals surface area contributed by atoms with Gasteiger partial charge in [-0.05, 0) is 37.5 Å². The molecule has 1 aliphatic rings. The molecule has 1 amide bonds. The van der Waals surface area contributed by atoms with Crippen LogP contribution in [0.5, 0.6) is 0 Å². The molecule has 0 spiro atoms. The third-order valence-electron chi connectivity index (χ3n) is 3.86. The van der Waals surface area contributed by atoms with Gasteiger partial charge in [0, 0.05) is 0 Å². The fourth-order valence-corrected chi connectivity index (χ4v) is 2.67. The molecule has 0 aliphatic heterocycles. The number of amides is 1. The van der Waals surface area contributed by atoms with E-state index < -0.39 is 5.54 Å². The summed E-state index contributed by atoms with van der Waals surface area (Å²) < 4.78 is 13.7. The number of nitriles is 1. The molecule has 1 aromatic rings. The first-order valence-corrected chi connectivity index (χ1v) is 7.27. The molecule has 1 aromatic carbocycles. The minimum absolute atomic E-state index is 0.0383. The van der Waals surface area contributed by atoms with Gasteiger partial charge >= 0.3 is 0 Å². The number of anilines is 1. The molecule has 0 atom stereocenters. The van der Waals surface area contributed by atoms with Crippen LogP contribution in [0.25, 0.3) is 0 Å². The molecule has 0 heterocycles. The second-order valence-electron chi connectivity index (χ2n) is 5.64. The van der Waals surface area contributed by atoms with Crippen molar-refractivity contribution in [1.29, 1.82) is 5.26 Å². The Hall–Kier alpha value is -2.09. The summed E-state index contributed by atoms with van der Waals surface area (Å²) in [5, 5.41) is 14.9. The van der Waals surface area contributed by atoms with Crippen molar-refractivity contribution < 1.29 is 9.18 Å². The van der Waals surface area contributed by atoms with E-state index in [0.717, 1.165) is 24.8 Å². The van der Waals surface area contributed by atoms with Gasteiger partial charge in [0.25, 0.3) is 0 Å². The van der Waals surface area contributed by atoms with E-state index in [4.69, 9.17) is 0 Å². The summed E-state index contributed by atoms with van der Waals surface area (Å²) in [5.41, 5.74) is 0.376. The number of nitrogens with one attached hydrogen (secondary N) is 2. The predicted molar refractivity (Wildman–Crippen MR) is 79.2 cm³/mol. The highest BCUT2D eigenvalue weighted by atomic mass is 19.1. The lowest BCUT2D eigenvalue weighted by molar-refractivity contribution is -0.121. The molecule has 0 bridgehead atoms. The van der Waals surface area contributed by atoms with Gasteiger partial charge in [0.1, 0.15) is 11.4 Å². The van der Waals surface area contributed by atoms with Crippen LogP contribution in [-0.4, -0.2) is 18.0 Å². The van der Waals surface area contributed by atoms with Gasteiger partial charge in [-0.1, -0.05) is 25.3 Å². The highest BCUT2D eigenvalue weighted by Crippen LogP contribution is 2.27. The molecule has 1 aliphatic carbocycles. The standard InChI is InChI=1S/C16H20FN3O/c1-12-5-6-14(13(17)9-12)19-10-15(21)20-16(11-18)7-3-2-4-8-16/h5-6,9,19H,2-4,7-8,10H2,1H3,(H,20,21). The summed E-state index contributed by atoms with van der Waals surface area (Å²) in [6.07, 6.45) is 4.39. The van der Waals surface area contributed by atoms with Crippen LogP contribution >= 0.6 is 0 Å². The smallest absolute Gasteiger partial charge is 0.240 e. The minimum atomic E-state index is -0.747. The first-order valence-electron chi connectivity index (χ1n) is 7.27. The number of nitrogens with zero attached hydrogens (tertiary/aromatic N) is 1. The van der Waals surface area contributed by atoms with Crippen LogP contribution in [0.4, 0.5) is 10.1 Å². The Morgan fingerprint density at radius 2 is 2.10 bits per heavy atom. The number of carbonyl (C=O) groups is 1. The lowest BCUT2D eigenvalue weighted by Gasteiger charge is -2.31. The molecule has 1 fully saturated rings. The fourth-order valence-electron chi connectivity index (χ4n) is 2.67. The van der Waals surface area contributed by atoms with Crippen LogP contribution < -0.4 is 10.6 Å². The van der Waals surface area contributed by atoms with Gasteiger partial charge < -0.3 is 10.6 Å². The summed E-state index contributed by atoms with van der Waals surface area (Å²) >= 11 is 0. The lowest BCUT2D eigenvalue weighted by atomic mass is 9.83. The van der Waals surface area contributed by atoms with Crippen molar-refractivity contribution in [3.05, 3.63) is 29.6 Å². The first-order chi connectivity index (χ1) is 10.0. The number of rotatable bonds is 4. The summed E-state index contributed by atoms with van der Waals surface area (Å²) in [7, 11) is 0. The Bertz CT molecular complexity index is 559. The van der Waals surface area contributed by atoms with Gasteiger partial charge in [-0.3, -0.25) is 4.79 Å². The zero-order chi connectivity index (χ0) is 15.3. The van der Waals surface area contributed by atoms with Crippen molar-refractivity contribution in [2.45, 2.75) is 44.6 Å². The molecule has 2 N–H and O–H groups in total. The van der Waals surface area contributed by atoms with Gasteiger partial charge in [0.05, 0.1) is 18.3 Å². The van der Waals surface area contributed by atoms with E-state index in [2.05, 4.69) is 16.7 Å². The molecule has 0 aromatic heterocycles. The molecular formula is C16H20FN3O. The normalized spacial score (nSPS) is 16.8. The summed E-state index contributed by atoms with van der Waals surface area (Å²) in [6, 6.07) is 7.04. The second-order valence-corrected chi connectivity index (χ2v) is 5.64. The average molecular weight is 289 g/mol. The molecule has 0 unspecified atom stereocenters. The highest BCUT2D eigenvalue weighted by molar-refractivity contribution is 5.81. The van der Waals surface area contributed by atoms with E-state index in [-0.39, 0.29) is 18.3 Å². The van der Waals surface area contributed by atoms with Crippen LogP contribution in [-0.2, 0) is 4.79 Å². The number of benzene rings is 1. The van der Waals surface area contributed by atoms with Crippen molar-refractivity contribution in [3.8, 4) is 6.07 Å². The maximum absolute atomic E-state index is 13.7. The summed E-state index contributed by atoms with van der Waals surface area (Å²) in [4.78, 5) is 12.0. The predicted octanol–water partition coefficient (Wildman–Crippen LogP) is 2.89. The van der Waals surface area contributed by atoms with Crippen LogP contribution in [0.2, 0.25) is 0 Å². The average Bonchev–Trinajstić information content (AvgIpc) is 2.47. The molecule has 1 saturated carbocycles. The Kier molecular flexibility index (Phi) is 4.79. The van der Waals surface area contributed by atoms with Gasteiger partial charge in [0.2, 0.25) is 5.91 Å². The molecule has 0 saturated heterocycles. The van der Waals surface area contributed by atoms with E-state index in [1.807, 2.05) is 0 Å². The number of halogens is 1. The van der Waals surface area contributed by atoms with Crippen LogP contribution in [0.15, 0.2) is 18.2 Å².